The second-order valence-electron chi connectivity index (χ2n) is 7.42. The number of halogens is 3. The Kier molecular flexibility index (Phi) is 8.30. The first kappa shape index (κ1) is 23.6. The van der Waals surface area contributed by atoms with Crippen LogP contribution in [-0.4, -0.2) is 36.0 Å². The molecule has 0 aromatic heterocycles. The predicted octanol–water partition coefficient (Wildman–Crippen LogP) is 5.27. The van der Waals surface area contributed by atoms with Crippen molar-refractivity contribution in [3.8, 4) is 11.5 Å². The van der Waals surface area contributed by atoms with E-state index in [1.807, 2.05) is 36.4 Å². The zero-order valence-electron chi connectivity index (χ0n) is 16.8. The fourth-order valence-corrected chi connectivity index (χ4v) is 4.52. The molecule has 0 bridgehead atoms. The van der Waals surface area contributed by atoms with Crippen LogP contribution in [0.2, 0.25) is 10.0 Å². The van der Waals surface area contributed by atoms with Gasteiger partial charge in [-0.05, 0) is 41.8 Å². The summed E-state index contributed by atoms with van der Waals surface area (Å²) in [5.41, 5.74) is 1.72. The van der Waals surface area contributed by atoms with E-state index in [1.165, 1.54) is 0 Å². The largest absolute Gasteiger partial charge is 0.491 e. The lowest BCUT2D eigenvalue weighted by molar-refractivity contribution is 0.165. The van der Waals surface area contributed by atoms with Crippen LogP contribution in [0, 0.1) is 0 Å². The summed E-state index contributed by atoms with van der Waals surface area (Å²) >= 11 is 17.2. The monoisotopic (exact) mass is 491 g/mol. The molecule has 0 aliphatic carbocycles. The van der Waals surface area contributed by atoms with E-state index in [0.29, 0.717) is 41.4 Å². The van der Waals surface area contributed by atoms with E-state index in [4.69, 9.17) is 48.5 Å². The van der Waals surface area contributed by atoms with Gasteiger partial charge in [0, 0.05) is 17.8 Å². The van der Waals surface area contributed by atoms with Crippen molar-refractivity contribution in [3.05, 3.63) is 57.6 Å². The molecule has 1 heterocycles. The number of benzene rings is 2. The molecule has 0 radical (unpaired) electrons. The van der Waals surface area contributed by atoms with Gasteiger partial charge in [-0.25, -0.2) is 8.93 Å². The van der Waals surface area contributed by atoms with Crippen molar-refractivity contribution in [2.75, 3.05) is 25.6 Å². The Hall–Kier alpha value is -1.02. The van der Waals surface area contributed by atoms with Crippen LogP contribution in [0.4, 0.5) is 0 Å². The molecule has 2 aromatic rings. The minimum absolute atomic E-state index is 0.226. The maximum absolute atomic E-state index is 11.2. The summed E-state index contributed by atoms with van der Waals surface area (Å²) in [6.45, 7) is 5.51. The molecule has 0 spiro atoms. The van der Waals surface area contributed by atoms with Crippen LogP contribution in [0.1, 0.15) is 31.4 Å². The first-order valence-electron chi connectivity index (χ1n) is 9.55. The highest BCUT2D eigenvalue weighted by Crippen LogP contribution is 2.40. The maximum atomic E-state index is 11.2. The first-order valence-corrected chi connectivity index (χ1v) is 11.9. The van der Waals surface area contributed by atoms with Gasteiger partial charge in [0.1, 0.15) is 18.5 Å². The van der Waals surface area contributed by atoms with Crippen molar-refractivity contribution < 1.29 is 17.9 Å². The molecule has 2 unspecified atom stereocenters. The average Bonchev–Trinajstić information content (AvgIpc) is 3.14. The molecule has 1 saturated heterocycles. The molecule has 9 heteroatoms. The van der Waals surface area contributed by atoms with Crippen LogP contribution in [0.5, 0.6) is 11.5 Å². The third kappa shape index (κ3) is 5.81. The van der Waals surface area contributed by atoms with Crippen molar-refractivity contribution >= 4 is 46.1 Å². The van der Waals surface area contributed by atoms with Crippen LogP contribution >= 0.6 is 34.8 Å². The topological polar surface area (TPSA) is 56.8 Å². The van der Waals surface area contributed by atoms with Crippen LogP contribution in [0.25, 0.3) is 0 Å². The Labute approximate surface area is 194 Å². The molecule has 1 N–H and O–H groups in total. The molecule has 3 rings (SSSR count). The molecule has 164 valence electrons. The SMILES string of the molecule is CC(C)(c1ccc(OCC2CNS(=O)O2)cc1)c1cc(Cl)c(OCCCCl)c(Cl)c1. The highest BCUT2D eigenvalue weighted by Gasteiger charge is 2.26. The Morgan fingerprint density at radius 1 is 1.13 bits per heavy atom. The molecule has 5 nitrogen and oxygen atoms in total. The summed E-state index contributed by atoms with van der Waals surface area (Å²) in [6.07, 6.45) is 0.494. The standard InChI is InChI=1S/C21H24Cl3NO4S/c1-21(2,15-10-18(23)20(19(24)11-15)27-9-3-8-22)14-4-6-16(7-5-14)28-13-17-12-25-30(26)29-17/h4-7,10-11,17,25H,3,8-9,12-13H2,1-2H3. The van der Waals surface area contributed by atoms with E-state index < -0.39 is 11.3 Å². The van der Waals surface area contributed by atoms with Gasteiger partial charge in [0.05, 0.1) is 16.7 Å². The number of alkyl halides is 1. The highest BCUT2D eigenvalue weighted by molar-refractivity contribution is 7.78. The van der Waals surface area contributed by atoms with E-state index >= 15 is 0 Å². The fraction of sp³-hybridized carbons (Fsp3) is 0.429. The molecular formula is C21H24Cl3NO4S. The molecule has 0 saturated carbocycles. The summed E-state index contributed by atoms with van der Waals surface area (Å²) in [6, 6.07) is 11.6. The molecule has 0 amide bonds. The van der Waals surface area contributed by atoms with Crippen LogP contribution < -0.4 is 14.2 Å². The van der Waals surface area contributed by atoms with E-state index in [2.05, 4.69) is 18.6 Å². The molecule has 1 aliphatic heterocycles. The molecule has 2 atom stereocenters. The second kappa shape index (κ2) is 10.5. The van der Waals surface area contributed by atoms with Gasteiger partial charge < -0.3 is 9.47 Å². The zero-order chi connectivity index (χ0) is 21.7. The summed E-state index contributed by atoms with van der Waals surface area (Å²) in [7, 11) is 0. The predicted molar refractivity (Wildman–Crippen MR) is 122 cm³/mol. The van der Waals surface area contributed by atoms with Gasteiger partial charge in [0.25, 0.3) is 0 Å². The lowest BCUT2D eigenvalue weighted by atomic mass is 9.78. The molecule has 1 fully saturated rings. The van der Waals surface area contributed by atoms with Crippen molar-refractivity contribution in [2.45, 2.75) is 31.8 Å². The number of hydrogen-bond acceptors (Lipinski definition) is 4. The summed E-state index contributed by atoms with van der Waals surface area (Å²) in [5.74, 6) is 1.72. The Morgan fingerprint density at radius 2 is 1.80 bits per heavy atom. The van der Waals surface area contributed by atoms with Gasteiger partial charge in [-0.15, -0.1) is 11.6 Å². The Balaban J connectivity index is 1.70. The quantitative estimate of drug-likeness (QED) is 0.382. The minimum atomic E-state index is -1.42. The molecule has 30 heavy (non-hydrogen) atoms. The summed E-state index contributed by atoms with van der Waals surface area (Å²) < 4.78 is 30.5. The van der Waals surface area contributed by atoms with Gasteiger partial charge in [0.15, 0.2) is 5.75 Å². The lowest BCUT2D eigenvalue weighted by Gasteiger charge is -2.27. The van der Waals surface area contributed by atoms with Gasteiger partial charge >= 0.3 is 0 Å². The van der Waals surface area contributed by atoms with Crippen LogP contribution in [0.15, 0.2) is 36.4 Å². The fourth-order valence-electron chi connectivity index (χ4n) is 3.05. The maximum Gasteiger partial charge on any atom is 0.234 e. The van der Waals surface area contributed by atoms with Crippen molar-refractivity contribution in [2.24, 2.45) is 0 Å². The molecular weight excluding hydrogens is 469 g/mol. The van der Waals surface area contributed by atoms with E-state index in [9.17, 15) is 4.21 Å². The van der Waals surface area contributed by atoms with Gasteiger partial charge in [-0.2, -0.15) is 0 Å². The average molecular weight is 493 g/mol. The molecule has 2 aromatic carbocycles. The minimum Gasteiger partial charge on any atom is -0.491 e. The molecule has 1 aliphatic rings. The smallest absolute Gasteiger partial charge is 0.234 e. The normalized spacial score (nSPS) is 19.1. The number of hydrogen-bond donors (Lipinski definition) is 1. The van der Waals surface area contributed by atoms with Crippen molar-refractivity contribution in [1.82, 2.24) is 4.72 Å². The third-order valence-corrected chi connectivity index (χ3v) is 6.59. The number of ether oxygens (including phenoxy) is 2. The second-order valence-corrected chi connectivity index (χ2v) is 9.56. The highest BCUT2D eigenvalue weighted by atomic mass is 35.5. The lowest BCUT2D eigenvalue weighted by Crippen LogP contribution is -2.22. The van der Waals surface area contributed by atoms with E-state index in [1.54, 1.807) is 0 Å². The van der Waals surface area contributed by atoms with Gasteiger partial charge in [-0.1, -0.05) is 49.2 Å². The Bertz CT molecular complexity index is 869. The summed E-state index contributed by atoms with van der Waals surface area (Å²) in [5, 5.41) is 0.949. The van der Waals surface area contributed by atoms with Gasteiger partial charge in [-0.3, -0.25) is 4.18 Å². The summed E-state index contributed by atoms with van der Waals surface area (Å²) in [4.78, 5) is 0. The first-order chi connectivity index (χ1) is 14.3. The third-order valence-electron chi connectivity index (χ3n) is 4.91. The number of rotatable bonds is 9. The van der Waals surface area contributed by atoms with Crippen LogP contribution in [-0.2, 0) is 20.9 Å². The van der Waals surface area contributed by atoms with Crippen molar-refractivity contribution in [1.29, 1.82) is 0 Å². The zero-order valence-corrected chi connectivity index (χ0v) is 19.8. The van der Waals surface area contributed by atoms with Crippen LogP contribution in [0.3, 0.4) is 0 Å². The Morgan fingerprint density at radius 3 is 2.37 bits per heavy atom. The number of nitrogens with one attached hydrogen (secondary N) is 1. The van der Waals surface area contributed by atoms with E-state index in [0.717, 1.165) is 23.3 Å². The van der Waals surface area contributed by atoms with Crippen molar-refractivity contribution in [3.63, 3.8) is 0 Å². The van der Waals surface area contributed by atoms with Gasteiger partial charge in [0.2, 0.25) is 11.3 Å². The van der Waals surface area contributed by atoms with E-state index in [-0.39, 0.29) is 11.5 Å².